The van der Waals surface area contributed by atoms with Crippen LogP contribution in [0.2, 0.25) is 0 Å². The highest BCUT2D eigenvalue weighted by Gasteiger charge is 2.56. The van der Waals surface area contributed by atoms with E-state index in [1.54, 1.807) is 0 Å². The van der Waals surface area contributed by atoms with Crippen molar-refractivity contribution in [2.45, 2.75) is 64.7 Å². The molecule has 6 nitrogen and oxygen atoms in total. The Hall–Kier alpha value is -8.48. The number of para-hydroxylation sites is 4. The van der Waals surface area contributed by atoms with Crippen molar-refractivity contribution >= 4 is 73.1 Å². The molecule has 348 valence electrons. The van der Waals surface area contributed by atoms with E-state index in [0.29, 0.717) is 0 Å². The fourth-order valence-corrected chi connectivity index (χ4v) is 13.1. The molecular formula is C66H54N6. The van der Waals surface area contributed by atoms with Crippen molar-refractivity contribution in [2.24, 2.45) is 0 Å². The highest BCUT2D eigenvalue weighted by atomic mass is 15.5. The summed E-state index contributed by atoms with van der Waals surface area (Å²) in [4.78, 5) is 21.5. The van der Waals surface area contributed by atoms with Gasteiger partial charge in [0.1, 0.15) is 12.3 Å². The molecule has 0 aliphatic carbocycles. The molecule has 9 aromatic carbocycles. The van der Waals surface area contributed by atoms with Crippen LogP contribution in [-0.2, 0) is 5.41 Å². The second kappa shape index (κ2) is 16.3. The molecule has 0 saturated heterocycles. The van der Waals surface area contributed by atoms with Crippen LogP contribution < -0.4 is 19.6 Å². The Labute approximate surface area is 421 Å². The van der Waals surface area contributed by atoms with Gasteiger partial charge in [0.2, 0.25) is 0 Å². The second-order valence-corrected chi connectivity index (χ2v) is 20.0. The smallest absolute Gasteiger partial charge is 0.179 e. The highest BCUT2D eigenvalue weighted by Crippen LogP contribution is 2.63. The Morgan fingerprint density at radius 1 is 0.444 bits per heavy atom. The van der Waals surface area contributed by atoms with Crippen molar-refractivity contribution in [3.05, 3.63) is 234 Å². The van der Waals surface area contributed by atoms with Crippen molar-refractivity contribution in [3.63, 3.8) is 0 Å². The van der Waals surface area contributed by atoms with Crippen LogP contribution in [-0.4, -0.2) is 22.3 Å². The minimum atomic E-state index is -0.347. The van der Waals surface area contributed by atoms with Crippen molar-refractivity contribution in [1.82, 2.24) is 9.97 Å². The molecule has 2 atom stereocenters. The maximum absolute atomic E-state index is 5.58. The van der Waals surface area contributed by atoms with Gasteiger partial charge in [-0.05, 0) is 154 Å². The summed E-state index contributed by atoms with van der Waals surface area (Å²) < 4.78 is 0. The first kappa shape index (κ1) is 42.4. The minimum Gasteiger partial charge on any atom is -0.318 e. The summed E-state index contributed by atoms with van der Waals surface area (Å²) in [6.07, 6.45) is 2.26. The lowest BCUT2D eigenvalue weighted by Gasteiger charge is -2.52. The van der Waals surface area contributed by atoms with Crippen LogP contribution in [0.1, 0.15) is 55.4 Å². The standard InChI is InChI=1S/C66H54N6/c1-5-66(6-2)54-28-16-19-31-58(54)72-64-63(67-55-29-17-18-30-56(55)68-64)70(48-24-8-7-9-25-48)65(72)62(66)53-41-61-69(49-35-32-44(33-36-49)50-26-14-10-20-42(50)3)59-39-45-22-12-13-23-46(45)40-60(59)71(61)57-37-34-47(38-52(53)57)51-27-15-11-21-43(51)4/h7-40,61,65H,5-6,41H2,1-4H3. The number of benzene rings is 9. The van der Waals surface area contributed by atoms with Gasteiger partial charge in [0.05, 0.1) is 28.1 Å². The molecule has 4 aliphatic rings. The third kappa shape index (κ3) is 6.14. The van der Waals surface area contributed by atoms with Crippen LogP contribution >= 0.6 is 0 Å². The Balaban J connectivity index is 1.09. The number of aryl methyl sites for hydroxylation is 2. The Kier molecular flexibility index (Phi) is 9.59. The van der Waals surface area contributed by atoms with E-state index in [2.05, 4.69) is 254 Å². The first-order valence-corrected chi connectivity index (χ1v) is 25.6. The van der Waals surface area contributed by atoms with Crippen LogP contribution in [0.3, 0.4) is 0 Å². The van der Waals surface area contributed by atoms with Crippen LogP contribution in [0, 0.1) is 13.8 Å². The molecule has 0 saturated carbocycles. The minimum absolute atomic E-state index is 0.0785. The first-order chi connectivity index (χ1) is 35.4. The van der Waals surface area contributed by atoms with E-state index in [9.17, 15) is 0 Å². The number of anilines is 8. The van der Waals surface area contributed by atoms with E-state index < -0.39 is 0 Å². The van der Waals surface area contributed by atoms with Gasteiger partial charge in [-0.1, -0.05) is 153 Å². The average molecular weight is 931 g/mol. The zero-order valence-corrected chi connectivity index (χ0v) is 41.1. The fraction of sp³-hybridized carbons (Fsp3) is 0.152. The van der Waals surface area contributed by atoms with Gasteiger partial charge in [0.25, 0.3) is 0 Å². The van der Waals surface area contributed by atoms with Gasteiger partial charge < -0.3 is 9.80 Å². The summed E-state index contributed by atoms with van der Waals surface area (Å²) >= 11 is 0. The predicted octanol–water partition coefficient (Wildman–Crippen LogP) is 16.9. The molecular weight excluding hydrogens is 877 g/mol. The van der Waals surface area contributed by atoms with E-state index in [0.717, 1.165) is 47.6 Å². The van der Waals surface area contributed by atoms with Crippen molar-refractivity contribution in [2.75, 3.05) is 19.6 Å². The van der Waals surface area contributed by atoms with Crippen molar-refractivity contribution in [1.29, 1.82) is 0 Å². The molecule has 72 heavy (non-hydrogen) atoms. The zero-order chi connectivity index (χ0) is 48.2. The summed E-state index contributed by atoms with van der Waals surface area (Å²) in [5.74, 6) is 1.76. The first-order valence-electron chi connectivity index (χ1n) is 25.6. The van der Waals surface area contributed by atoms with Gasteiger partial charge in [-0.15, -0.1) is 0 Å². The molecule has 10 aromatic rings. The molecule has 4 aliphatic heterocycles. The largest absolute Gasteiger partial charge is 0.318 e. The third-order valence-corrected chi connectivity index (χ3v) is 16.5. The van der Waals surface area contributed by atoms with Gasteiger partial charge in [0, 0.05) is 34.5 Å². The number of hydrogen-bond acceptors (Lipinski definition) is 6. The monoisotopic (exact) mass is 930 g/mol. The Bertz CT molecular complexity index is 3830. The summed E-state index contributed by atoms with van der Waals surface area (Å²) in [5.41, 5.74) is 21.5. The Morgan fingerprint density at radius 2 is 0.986 bits per heavy atom. The molecule has 6 heteroatoms. The molecule has 0 amide bonds. The Morgan fingerprint density at radius 3 is 1.65 bits per heavy atom. The number of fused-ring (bicyclic) bond motifs is 12. The SMILES string of the molecule is CCC1(CC)C(=C2CC3N(c4ccc(-c5ccccc5C)cc4)c4cc5ccccc5cc4N3c3ccc(-c4ccccc4C)cc32)C2N(c3ccccc3)c3nc4ccccc4nc3N2c2ccccc21. The van der Waals surface area contributed by atoms with Gasteiger partial charge >= 0.3 is 0 Å². The van der Waals surface area contributed by atoms with E-state index in [1.165, 1.54) is 94.9 Å². The lowest BCUT2D eigenvalue weighted by molar-refractivity contribution is 0.423. The van der Waals surface area contributed by atoms with Crippen LogP contribution in [0.5, 0.6) is 0 Å². The molecule has 0 radical (unpaired) electrons. The van der Waals surface area contributed by atoms with Crippen LogP contribution in [0.25, 0.3) is 49.6 Å². The molecule has 0 fully saturated rings. The van der Waals surface area contributed by atoms with Gasteiger partial charge in [0.15, 0.2) is 11.6 Å². The number of nitrogens with zero attached hydrogens (tertiary/aromatic N) is 6. The lowest BCUT2D eigenvalue weighted by Crippen LogP contribution is -2.52. The number of aromatic nitrogens is 2. The van der Waals surface area contributed by atoms with Crippen LogP contribution in [0.4, 0.5) is 45.8 Å². The average Bonchev–Trinajstić information content (AvgIpc) is 3.93. The summed E-state index contributed by atoms with van der Waals surface area (Å²) in [7, 11) is 0. The maximum Gasteiger partial charge on any atom is 0.179 e. The molecule has 0 spiro atoms. The number of rotatable bonds is 6. The lowest BCUT2D eigenvalue weighted by atomic mass is 9.63. The van der Waals surface area contributed by atoms with Gasteiger partial charge in [-0.25, -0.2) is 9.97 Å². The van der Waals surface area contributed by atoms with E-state index in [1.807, 2.05) is 0 Å². The van der Waals surface area contributed by atoms with Gasteiger partial charge in [-0.3, -0.25) is 9.80 Å². The van der Waals surface area contributed by atoms with E-state index >= 15 is 0 Å². The van der Waals surface area contributed by atoms with Gasteiger partial charge in [-0.2, -0.15) is 0 Å². The predicted molar refractivity (Wildman–Crippen MR) is 300 cm³/mol. The molecule has 1 aromatic heterocycles. The topological polar surface area (TPSA) is 38.7 Å². The summed E-state index contributed by atoms with van der Waals surface area (Å²) in [5, 5.41) is 2.47. The van der Waals surface area contributed by atoms with Crippen molar-refractivity contribution < 1.29 is 0 Å². The highest BCUT2D eigenvalue weighted by molar-refractivity contribution is 6.04. The number of hydrogen-bond donors (Lipinski definition) is 0. The van der Waals surface area contributed by atoms with E-state index in [4.69, 9.17) is 9.97 Å². The van der Waals surface area contributed by atoms with Crippen LogP contribution in [0.15, 0.2) is 212 Å². The molecule has 14 rings (SSSR count). The molecule has 0 bridgehead atoms. The second-order valence-electron chi connectivity index (χ2n) is 20.0. The zero-order valence-electron chi connectivity index (χ0n) is 41.1. The summed E-state index contributed by atoms with van der Waals surface area (Å²) in [6, 6.07) is 76.3. The molecule has 5 heterocycles. The fourth-order valence-electron chi connectivity index (χ4n) is 13.1. The normalized spacial score (nSPS) is 18.2. The third-order valence-electron chi connectivity index (χ3n) is 16.5. The quantitative estimate of drug-likeness (QED) is 0.165. The van der Waals surface area contributed by atoms with Crippen molar-refractivity contribution in [3.8, 4) is 22.3 Å². The molecule has 2 unspecified atom stereocenters. The van der Waals surface area contributed by atoms with E-state index in [-0.39, 0.29) is 17.7 Å². The maximum atomic E-state index is 5.58. The summed E-state index contributed by atoms with van der Waals surface area (Å²) in [6.45, 7) is 9.27. The molecule has 0 N–H and O–H groups in total.